The lowest BCUT2D eigenvalue weighted by Gasteiger charge is -2.14. The molecule has 3 N–H and O–H groups in total. The summed E-state index contributed by atoms with van der Waals surface area (Å²) in [7, 11) is 0. The highest BCUT2D eigenvalue weighted by Crippen LogP contribution is 2.21. The van der Waals surface area contributed by atoms with Crippen molar-refractivity contribution in [1.29, 1.82) is 0 Å². The predicted octanol–water partition coefficient (Wildman–Crippen LogP) is 3.69. The molecule has 1 atom stereocenters. The number of halogens is 1. The van der Waals surface area contributed by atoms with Crippen LogP contribution in [0.15, 0.2) is 54.7 Å². The normalized spacial score (nSPS) is 11.9. The molecule has 0 fully saturated rings. The molecule has 2 aromatic carbocycles. The number of fused-ring (bicyclic) bond motifs is 1. The molecule has 3 rings (SSSR count). The van der Waals surface area contributed by atoms with E-state index in [0.29, 0.717) is 0 Å². The highest BCUT2D eigenvalue weighted by atomic mass is 127. The second-order valence-corrected chi connectivity index (χ2v) is 7.05. The van der Waals surface area contributed by atoms with Crippen molar-refractivity contribution in [2.24, 2.45) is 0 Å². The molecule has 1 aromatic heterocycles. The fourth-order valence-corrected chi connectivity index (χ4v) is 3.15. The number of nitrogens with one attached hydrogen (secondary N) is 2. The Labute approximate surface area is 163 Å². The van der Waals surface area contributed by atoms with Crippen molar-refractivity contribution in [2.45, 2.75) is 19.1 Å². The summed E-state index contributed by atoms with van der Waals surface area (Å²) in [6.45, 7) is 0.0878. The average Bonchev–Trinajstić information content (AvgIpc) is 3.02. The zero-order chi connectivity index (χ0) is 18.5. The Kier molecular flexibility index (Phi) is 5.77. The molecule has 0 aliphatic carbocycles. The van der Waals surface area contributed by atoms with Gasteiger partial charge < -0.3 is 20.1 Å². The van der Waals surface area contributed by atoms with Crippen LogP contribution in [0.1, 0.15) is 11.1 Å². The molecule has 3 aromatic rings. The molecule has 0 unspecified atom stereocenters. The molecule has 7 heteroatoms. The zero-order valence-corrected chi connectivity index (χ0v) is 15.9. The highest BCUT2D eigenvalue weighted by Gasteiger charge is 2.22. The number of aromatic amines is 1. The summed E-state index contributed by atoms with van der Waals surface area (Å²) in [5.41, 5.74) is 2.59. The molecule has 0 spiro atoms. The maximum Gasteiger partial charge on any atom is 0.408 e. The minimum Gasteiger partial charge on any atom is -0.480 e. The van der Waals surface area contributed by atoms with Crippen molar-refractivity contribution in [3.63, 3.8) is 0 Å². The molecule has 134 valence electrons. The number of amides is 1. The fourth-order valence-electron chi connectivity index (χ4n) is 2.65. The molecule has 0 aliphatic rings. The quantitative estimate of drug-likeness (QED) is 0.486. The first-order valence-corrected chi connectivity index (χ1v) is 9.06. The van der Waals surface area contributed by atoms with Crippen LogP contribution in [-0.4, -0.2) is 28.2 Å². The van der Waals surface area contributed by atoms with Crippen LogP contribution in [0.2, 0.25) is 0 Å². The number of ether oxygens (including phenoxy) is 1. The summed E-state index contributed by atoms with van der Waals surface area (Å²) in [6, 6.07) is 14.0. The number of benzene rings is 2. The van der Waals surface area contributed by atoms with Gasteiger partial charge in [-0.25, -0.2) is 9.59 Å². The maximum absolute atomic E-state index is 12.0. The van der Waals surface area contributed by atoms with E-state index >= 15 is 0 Å². The van der Waals surface area contributed by atoms with Crippen LogP contribution in [0.4, 0.5) is 4.79 Å². The van der Waals surface area contributed by atoms with Gasteiger partial charge in [0.05, 0.1) is 0 Å². The van der Waals surface area contributed by atoms with E-state index in [4.69, 9.17) is 4.74 Å². The fraction of sp³-hybridized carbons (Fsp3) is 0.158. The van der Waals surface area contributed by atoms with Crippen molar-refractivity contribution >= 4 is 45.6 Å². The lowest BCUT2D eigenvalue weighted by Crippen LogP contribution is -2.42. The molecule has 0 radical (unpaired) electrons. The third-order valence-electron chi connectivity index (χ3n) is 3.96. The predicted molar refractivity (Wildman–Crippen MR) is 106 cm³/mol. The van der Waals surface area contributed by atoms with Crippen LogP contribution in [0, 0.1) is 3.57 Å². The lowest BCUT2D eigenvalue weighted by atomic mass is 10.1. The number of aromatic nitrogens is 1. The van der Waals surface area contributed by atoms with Gasteiger partial charge in [0.25, 0.3) is 0 Å². The monoisotopic (exact) mass is 464 g/mol. The van der Waals surface area contributed by atoms with Gasteiger partial charge in [0.1, 0.15) is 12.6 Å². The molecular weight excluding hydrogens is 447 g/mol. The number of aliphatic carboxylic acids is 1. The van der Waals surface area contributed by atoms with Crippen molar-refractivity contribution in [3.8, 4) is 0 Å². The van der Waals surface area contributed by atoms with Crippen molar-refractivity contribution < 1.29 is 19.4 Å². The molecule has 26 heavy (non-hydrogen) atoms. The first-order valence-electron chi connectivity index (χ1n) is 7.98. The molecule has 0 saturated heterocycles. The van der Waals surface area contributed by atoms with Crippen molar-refractivity contribution in [1.82, 2.24) is 10.3 Å². The number of hydrogen-bond acceptors (Lipinski definition) is 3. The third-order valence-corrected chi connectivity index (χ3v) is 4.63. The number of H-pyrrole nitrogens is 1. The summed E-state index contributed by atoms with van der Waals surface area (Å²) in [6.07, 6.45) is 1.18. The van der Waals surface area contributed by atoms with E-state index in [-0.39, 0.29) is 13.0 Å². The minimum absolute atomic E-state index is 0.0878. The topological polar surface area (TPSA) is 91.4 Å². The van der Waals surface area contributed by atoms with Gasteiger partial charge in [0, 0.05) is 27.1 Å². The Morgan fingerprint density at radius 3 is 2.69 bits per heavy atom. The number of hydrogen-bond donors (Lipinski definition) is 3. The summed E-state index contributed by atoms with van der Waals surface area (Å²) < 4.78 is 6.19. The van der Waals surface area contributed by atoms with E-state index < -0.39 is 18.1 Å². The Morgan fingerprint density at radius 1 is 1.19 bits per heavy atom. The number of carbonyl (C=O) groups is 2. The maximum atomic E-state index is 12.0. The van der Waals surface area contributed by atoms with Crippen LogP contribution < -0.4 is 5.32 Å². The standard InChI is InChI=1S/C19H17IN2O4/c20-14-6-7-15-13(10-21-16(15)9-14)8-17(18(23)24)22-19(25)26-11-12-4-2-1-3-5-12/h1-7,9-10,17,21H,8,11H2,(H,22,25)(H,23,24)/t17-/m1/s1. The molecule has 1 amide bonds. The van der Waals surface area contributed by atoms with Gasteiger partial charge in [-0.1, -0.05) is 36.4 Å². The zero-order valence-electron chi connectivity index (χ0n) is 13.7. The van der Waals surface area contributed by atoms with Gasteiger partial charge in [0.15, 0.2) is 0 Å². The van der Waals surface area contributed by atoms with E-state index in [1.807, 2.05) is 48.5 Å². The first kappa shape index (κ1) is 18.2. The molecule has 0 bridgehead atoms. The van der Waals surface area contributed by atoms with Gasteiger partial charge in [-0.3, -0.25) is 0 Å². The largest absolute Gasteiger partial charge is 0.480 e. The number of carbonyl (C=O) groups excluding carboxylic acids is 1. The Balaban J connectivity index is 1.65. The molecule has 0 saturated carbocycles. The van der Waals surface area contributed by atoms with Crippen molar-refractivity contribution in [3.05, 3.63) is 69.4 Å². The SMILES string of the molecule is O=C(N[C@H](Cc1c[nH]c2cc(I)ccc12)C(=O)O)OCc1ccccc1. The lowest BCUT2D eigenvalue weighted by molar-refractivity contribution is -0.139. The number of carboxylic acids is 1. The van der Waals surface area contributed by atoms with E-state index in [1.165, 1.54) is 0 Å². The third kappa shape index (κ3) is 4.54. The summed E-state index contributed by atoms with van der Waals surface area (Å²) in [5.74, 6) is -1.11. The molecule has 1 heterocycles. The van der Waals surface area contributed by atoms with Crippen LogP contribution in [0.3, 0.4) is 0 Å². The Bertz CT molecular complexity index is 924. The van der Waals surface area contributed by atoms with Crippen LogP contribution >= 0.6 is 22.6 Å². The van der Waals surface area contributed by atoms with E-state index in [2.05, 4.69) is 32.9 Å². The molecule has 0 aliphatic heterocycles. The van der Waals surface area contributed by atoms with Crippen LogP contribution in [0.25, 0.3) is 10.9 Å². The second-order valence-electron chi connectivity index (χ2n) is 5.80. The minimum atomic E-state index is -1.11. The highest BCUT2D eigenvalue weighted by molar-refractivity contribution is 14.1. The van der Waals surface area contributed by atoms with E-state index in [9.17, 15) is 14.7 Å². The first-order chi connectivity index (χ1) is 12.5. The number of rotatable bonds is 6. The second kappa shape index (κ2) is 8.22. The Hall–Kier alpha value is -2.55. The summed E-state index contributed by atoms with van der Waals surface area (Å²) >= 11 is 2.22. The van der Waals surface area contributed by atoms with Gasteiger partial charge >= 0.3 is 12.1 Å². The van der Waals surface area contributed by atoms with Crippen LogP contribution in [0.5, 0.6) is 0 Å². The van der Waals surface area contributed by atoms with Crippen molar-refractivity contribution in [2.75, 3.05) is 0 Å². The number of carboxylic acid groups (broad SMARTS) is 1. The summed E-state index contributed by atoms with van der Waals surface area (Å²) in [4.78, 5) is 26.6. The van der Waals surface area contributed by atoms with E-state index in [0.717, 1.165) is 25.6 Å². The van der Waals surface area contributed by atoms with E-state index in [1.54, 1.807) is 6.20 Å². The molecule has 6 nitrogen and oxygen atoms in total. The van der Waals surface area contributed by atoms with Gasteiger partial charge in [-0.15, -0.1) is 0 Å². The average molecular weight is 464 g/mol. The van der Waals surface area contributed by atoms with Gasteiger partial charge in [-0.2, -0.15) is 0 Å². The van der Waals surface area contributed by atoms with Crippen LogP contribution in [-0.2, 0) is 22.6 Å². The van der Waals surface area contributed by atoms with Gasteiger partial charge in [0.2, 0.25) is 0 Å². The molecular formula is C19H17IN2O4. The smallest absolute Gasteiger partial charge is 0.408 e. The van der Waals surface area contributed by atoms with Gasteiger partial charge in [-0.05, 0) is 45.9 Å². The summed E-state index contributed by atoms with van der Waals surface area (Å²) in [5, 5.41) is 12.8. The Morgan fingerprint density at radius 2 is 1.96 bits per heavy atom. The number of alkyl carbamates (subject to hydrolysis) is 1.